The van der Waals surface area contributed by atoms with Crippen LogP contribution < -0.4 is 4.31 Å². The molecule has 2 atom stereocenters. The lowest BCUT2D eigenvalue weighted by Gasteiger charge is -2.28. The first-order valence-corrected chi connectivity index (χ1v) is 6.59. The average Bonchev–Trinajstić information content (AvgIpc) is 2.98. The van der Waals surface area contributed by atoms with Crippen molar-refractivity contribution in [2.75, 3.05) is 4.31 Å². The van der Waals surface area contributed by atoms with E-state index in [1.807, 2.05) is 18.2 Å². The molecule has 2 aliphatic rings. The Balaban J connectivity index is 2.14. The van der Waals surface area contributed by atoms with Gasteiger partial charge >= 0.3 is 6.18 Å². The second-order valence-electron chi connectivity index (χ2n) is 4.47. The van der Waals surface area contributed by atoms with Crippen LogP contribution in [0.5, 0.6) is 0 Å². The monoisotopic (exact) mass is 282 g/mol. The minimum atomic E-state index is -4.45. The van der Waals surface area contributed by atoms with Crippen molar-refractivity contribution in [2.24, 2.45) is 0 Å². The zero-order valence-electron chi connectivity index (χ0n) is 9.69. The van der Waals surface area contributed by atoms with Gasteiger partial charge in [0, 0.05) is 5.25 Å². The highest BCUT2D eigenvalue weighted by Crippen LogP contribution is 2.48. The average molecular weight is 282 g/mol. The van der Waals surface area contributed by atoms with E-state index in [1.165, 1.54) is 24.1 Å². The molecule has 1 saturated heterocycles. The number of halogens is 3. The third-order valence-corrected chi connectivity index (χ3v) is 4.56. The van der Waals surface area contributed by atoms with Crippen LogP contribution in [0, 0.1) is 11.3 Å². The first-order chi connectivity index (χ1) is 9.00. The Morgan fingerprint density at radius 1 is 1.32 bits per heavy atom. The molecule has 1 fully saturated rings. The number of fused-ring (bicyclic) bond motifs is 2. The second kappa shape index (κ2) is 4.20. The number of anilines is 1. The van der Waals surface area contributed by atoms with Crippen LogP contribution in [0.15, 0.2) is 30.4 Å². The Labute approximate surface area is 112 Å². The van der Waals surface area contributed by atoms with Crippen molar-refractivity contribution in [1.29, 1.82) is 5.26 Å². The molecule has 19 heavy (non-hydrogen) atoms. The summed E-state index contributed by atoms with van der Waals surface area (Å²) in [6.45, 7) is 0. The van der Waals surface area contributed by atoms with Crippen molar-refractivity contribution in [2.45, 2.75) is 23.9 Å². The fourth-order valence-electron chi connectivity index (χ4n) is 2.44. The number of rotatable bonds is 1. The molecule has 0 N–H and O–H groups in total. The summed E-state index contributed by atoms with van der Waals surface area (Å²) in [4.78, 5) is 0. The van der Waals surface area contributed by atoms with Gasteiger partial charge in [-0.2, -0.15) is 18.4 Å². The van der Waals surface area contributed by atoms with E-state index in [-0.39, 0.29) is 22.5 Å². The number of para-hydroxylation sites is 1. The van der Waals surface area contributed by atoms with Crippen LogP contribution in [0.25, 0.3) is 0 Å². The lowest BCUT2D eigenvalue weighted by Crippen LogP contribution is -2.25. The van der Waals surface area contributed by atoms with Gasteiger partial charge in [0.15, 0.2) is 0 Å². The number of nitrogens with zero attached hydrogens (tertiary/aromatic N) is 2. The molecule has 0 unspecified atom stereocenters. The van der Waals surface area contributed by atoms with Gasteiger partial charge in [-0.1, -0.05) is 18.2 Å². The lowest BCUT2D eigenvalue weighted by molar-refractivity contribution is -0.137. The first-order valence-electron chi connectivity index (χ1n) is 5.75. The molecule has 1 heterocycles. The Hall–Kier alpha value is -1.61. The van der Waals surface area contributed by atoms with Crippen LogP contribution in [0.1, 0.15) is 17.5 Å². The molecule has 0 aromatic heterocycles. The van der Waals surface area contributed by atoms with Crippen LogP contribution in [0.3, 0.4) is 0 Å². The van der Waals surface area contributed by atoms with Gasteiger partial charge in [0.05, 0.1) is 22.9 Å². The summed E-state index contributed by atoms with van der Waals surface area (Å²) in [5, 5.41) is 9.29. The third-order valence-electron chi connectivity index (χ3n) is 3.25. The van der Waals surface area contributed by atoms with Crippen LogP contribution in [0.2, 0.25) is 0 Å². The van der Waals surface area contributed by atoms with E-state index >= 15 is 0 Å². The van der Waals surface area contributed by atoms with E-state index in [4.69, 9.17) is 5.26 Å². The second-order valence-corrected chi connectivity index (χ2v) is 5.68. The minimum Gasteiger partial charge on any atom is -0.307 e. The summed E-state index contributed by atoms with van der Waals surface area (Å²) >= 11 is 1.37. The van der Waals surface area contributed by atoms with E-state index in [0.717, 1.165) is 12.5 Å². The number of benzene rings is 1. The molecule has 0 spiro atoms. The van der Waals surface area contributed by atoms with Gasteiger partial charge in [-0.05, 0) is 30.5 Å². The van der Waals surface area contributed by atoms with Crippen molar-refractivity contribution in [3.8, 4) is 6.07 Å². The zero-order valence-corrected chi connectivity index (χ0v) is 10.5. The van der Waals surface area contributed by atoms with Crippen LogP contribution in [-0.2, 0) is 6.18 Å². The normalized spacial score (nSPS) is 24.8. The molecular formula is C13H9F3N2S. The van der Waals surface area contributed by atoms with Gasteiger partial charge < -0.3 is 4.31 Å². The first kappa shape index (κ1) is 12.4. The molecular weight excluding hydrogens is 273 g/mol. The maximum Gasteiger partial charge on any atom is 0.418 e. The van der Waals surface area contributed by atoms with Crippen molar-refractivity contribution in [3.05, 3.63) is 41.5 Å². The summed E-state index contributed by atoms with van der Waals surface area (Å²) in [5.74, 6) is 0. The molecule has 98 valence electrons. The predicted molar refractivity (Wildman–Crippen MR) is 67.6 cm³/mol. The SMILES string of the molecule is N#Cc1cccc(C(F)(F)F)c1N1S[C@H]2C=C[C@@H]1C2. The van der Waals surface area contributed by atoms with Gasteiger partial charge in [-0.15, -0.1) is 0 Å². The van der Waals surface area contributed by atoms with E-state index in [0.29, 0.717) is 0 Å². The summed E-state index contributed by atoms with van der Waals surface area (Å²) < 4.78 is 40.9. The molecule has 2 nitrogen and oxygen atoms in total. The van der Waals surface area contributed by atoms with Crippen molar-refractivity contribution in [3.63, 3.8) is 0 Å². The highest BCUT2D eigenvalue weighted by Gasteiger charge is 2.42. The maximum atomic E-state index is 13.1. The quantitative estimate of drug-likeness (QED) is 0.580. The van der Waals surface area contributed by atoms with E-state index < -0.39 is 11.7 Å². The van der Waals surface area contributed by atoms with Gasteiger partial charge in [0.25, 0.3) is 0 Å². The molecule has 6 heteroatoms. The molecule has 2 bridgehead atoms. The standard InChI is InChI=1S/C13H9F3N2S/c14-13(15,16)11-3-1-2-8(7-17)12(11)18-9-4-5-10(6-9)19-18/h1-5,9-10H,6H2/t9-,10+/m1/s1. The van der Waals surface area contributed by atoms with Crippen molar-refractivity contribution in [1.82, 2.24) is 0 Å². The highest BCUT2D eigenvalue weighted by molar-refractivity contribution is 8.01. The lowest BCUT2D eigenvalue weighted by atomic mass is 10.1. The summed E-state index contributed by atoms with van der Waals surface area (Å²) in [6, 6.07) is 5.56. The minimum absolute atomic E-state index is 0.000602. The molecule has 0 amide bonds. The molecule has 1 aromatic carbocycles. The largest absolute Gasteiger partial charge is 0.418 e. The van der Waals surface area contributed by atoms with Gasteiger partial charge in [-0.25, -0.2) is 0 Å². The summed E-state index contributed by atoms with van der Waals surface area (Å²) in [7, 11) is 0. The number of alkyl halides is 3. The number of hydrogen-bond donors (Lipinski definition) is 0. The fourth-order valence-corrected chi connectivity index (χ4v) is 3.79. The van der Waals surface area contributed by atoms with Crippen LogP contribution in [-0.4, -0.2) is 11.3 Å². The third kappa shape index (κ3) is 1.98. The Bertz CT molecular complexity index is 589. The zero-order chi connectivity index (χ0) is 13.6. The van der Waals surface area contributed by atoms with Gasteiger partial charge in [0.1, 0.15) is 6.07 Å². The van der Waals surface area contributed by atoms with Crippen LogP contribution in [0.4, 0.5) is 18.9 Å². The Morgan fingerprint density at radius 2 is 2.11 bits per heavy atom. The maximum absolute atomic E-state index is 13.1. The molecule has 1 aromatic rings. The van der Waals surface area contributed by atoms with Crippen LogP contribution >= 0.6 is 11.9 Å². The summed E-state index contributed by atoms with van der Waals surface area (Å²) in [6.07, 6.45) is 0.277. The fraction of sp³-hybridized carbons (Fsp3) is 0.308. The van der Waals surface area contributed by atoms with Crippen molar-refractivity contribution >= 4 is 17.6 Å². The molecule has 1 aliphatic heterocycles. The van der Waals surface area contributed by atoms with E-state index in [9.17, 15) is 13.2 Å². The van der Waals surface area contributed by atoms with Crippen molar-refractivity contribution < 1.29 is 13.2 Å². The van der Waals surface area contributed by atoms with Gasteiger partial charge in [-0.3, -0.25) is 0 Å². The topological polar surface area (TPSA) is 27.0 Å². The predicted octanol–water partition coefficient (Wildman–Crippen LogP) is 3.74. The highest BCUT2D eigenvalue weighted by atomic mass is 32.2. The summed E-state index contributed by atoms with van der Waals surface area (Å²) in [5.41, 5.74) is -0.664. The molecule has 0 radical (unpaired) electrons. The Kier molecular flexibility index (Phi) is 2.75. The van der Waals surface area contributed by atoms with E-state index in [1.54, 1.807) is 4.31 Å². The molecule has 3 rings (SSSR count). The number of hydrogen-bond acceptors (Lipinski definition) is 3. The molecule has 1 aliphatic carbocycles. The van der Waals surface area contributed by atoms with Gasteiger partial charge in [0.2, 0.25) is 0 Å². The molecule has 0 saturated carbocycles. The Morgan fingerprint density at radius 3 is 2.63 bits per heavy atom. The smallest absolute Gasteiger partial charge is 0.307 e. The van der Waals surface area contributed by atoms with E-state index in [2.05, 4.69) is 0 Å². The number of nitriles is 1.